The van der Waals surface area contributed by atoms with Crippen molar-refractivity contribution >= 4 is 19.8 Å². The summed E-state index contributed by atoms with van der Waals surface area (Å²) in [6.45, 7) is 3.65. The van der Waals surface area contributed by atoms with Gasteiger partial charge in [0.2, 0.25) is 0 Å². The molecule has 9 heteroatoms. The summed E-state index contributed by atoms with van der Waals surface area (Å²) in [7, 11) is -4.77. The van der Waals surface area contributed by atoms with E-state index in [0.29, 0.717) is 6.42 Å². The molecule has 0 radical (unpaired) electrons. The van der Waals surface area contributed by atoms with Gasteiger partial charge >= 0.3 is 19.8 Å². The number of allylic oxidation sites excluding steroid dienone is 8. The Balaban J connectivity index is 3.92. The predicted octanol–water partition coefficient (Wildman–Crippen LogP) is 14.3. The van der Waals surface area contributed by atoms with Crippen molar-refractivity contribution in [3.8, 4) is 0 Å². The maximum atomic E-state index is 12.4. The molecule has 1 atom stereocenters. The average Bonchev–Trinajstić information content (AvgIpc) is 3.17. The monoisotopic (exact) mass is 809 g/mol. The van der Waals surface area contributed by atoms with Gasteiger partial charge in [-0.05, 0) is 57.8 Å². The third-order valence-corrected chi connectivity index (χ3v) is 10.3. The normalized spacial score (nSPS) is 12.9. The summed E-state index contributed by atoms with van der Waals surface area (Å²) >= 11 is 0. The Hall–Kier alpha value is -1.99. The average molecular weight is 809 g/mol. The molecule has 0 aliphatic rings. The van der Waals surface area contributed by atoms with Crippen LogP contribution < -0.4 is 0 Å². The first-order valence-corrected chi connectivity index (χ1v) is 24.5. The third-order valence-electron chi connectivity index (χ3n) is 9.85. The zero-order chi connectivity index (χ0) is 41.1. The van der Waals surface area contributed by atoms with E-state index in [1.807, 2.05) is 0 Å². The number of phosphoric ester groups is 1. The van der Waals surface area contributed by atoms with Gasteiger partial charge in [0.1, 0.15) is 6.61 Å². The van der Waals surface area contributed by atoms with E-state index in [0.717, 1.165) is 57.8 Å². The minimum atomic E-state index is -4.77. The summed E-state index contributed by atoms with van der Waals surface area (Å²) in [4.78, 5) is 42.9. The molecule has 0 saturated heterocycles. The Labute approximate surface area is 344 Å². The highest BCUT2D eigenvalue weighted by atomic mass is 31.2. The largest absolute Gasteiger partial charge is 0.469 e. The third kappa shape index (κ3) is 44.7. The molecule has 0 aromatic rings. The van der Waals surface area contributed by atoms with Crippen molar-refractivity contribution in [2.24, 2.45) is 0 Å². The van der Waals surface area contributed by atoms with Crippen LogP contribution in [0.15, 0.2) is 48.6 Å². The number of hydrogen-bond donors (Lipinski definition) is 2. The van der Waals surface area contributed by atoms with E-state index in [1.54, 1.807) is 0 Å². The van der Waals surface area contributed by atoms with Crippen LogP contribution in [0.4, 0.5) is 0 Å². The summed E-state index contributed by atoms with van der Waals surface area (Å²) in [6.07, 6.45) is 52.6. The number of hydrogen-bond acceptors (Lipinski definition) is 6. The SMILES string of the molecule is CCCCC/C=C/C/C=C/C/C=C/C/C=C/CCCCCC(=O)O[C@H](COC(=O)CCCCCCCCCCCCCCCCCCCCC)COP(=O)(O)O. The van der Waals surface area contributed by atoms with Crippen LogP contribution in [0.25, 0.3) is 0 Å². The summed E-state index contributed by atoms with van der Waals surface area (Å²) < 4.78 is 26.4. The number of rotatable bonds is 42. The second-order valence-electron chi connectivity index (χ2n) is 15.4. The predicted molar refractivity (Wildman–Crippen MR) is 234 cm³/mol. The Kier molecular flexibility index (Phi) is 41.1. The first kappa shape index (κ1) is 54.0. The zero-order valence-corrected chi connectivity index (χ0v) is 36.9. The number of phosphoric acid groups is 1. The summed E-state index contributed by atoms with van der Waals surface area (Å²) in [5.74, 6) is -0.914. The van der Waals surface area contributed by atoms with Crippen LogP contribution in [-0.2, 0) is 28.2 Å². The van der Waals surface area contributed by atoms with Crippen LogP contribution in [0.2, 0.25) is 0 Å². The molecule has 8 nitrogen and oxygen atoms in total. The topological polar surface area (TPSA) is 119 Å². The number of unbranched alkanes of at least 4 members (excludes halogenated alkanes) is 24. The Morgan fingerprint density at radius 1 is 0.464 bits per heavy atom. The lowest BCUT2D eigenvalue weighted by Gasteiger charge is -2.18. The molecule has 0 bridgehead atoms. The van der Waals surface area contributed by atoms with Gasteiger partial charge in [0, 0.05) is 12.8 Å². The maximum Gasteiger partial charge on any atom is 0.469 e. The molecule has 0 fully saturated rings. The van der Waals surface area contributed by atoms with Crippen LogP contribution in [0, 0.1) is 0 Å². The lowest BCUT2D eigenvalue weighted by Crippen LogP contribution is -2.29. The van der Waals surface area contributed by atoms with Crippen LogP contribution in [0.5, 0.6) is 0 Å². The molecule has 326 valence electrons. The molecule has 0 amide bonds. The van der Waals surface area contributed by atoms with Crippen molar-refractivity contribution in [3.05, 3.63) is 48.6 Å². The molecule has 56 heavy (non-hydrogen) atoms. The molecule has 0 rings (SSSR count). The van der Waals surface area contributed by atoms with Gasteiger partial charge in [-0.15, -0.1) is 0 Å². The molecule has 2 N–H and O–H groups in total. The van der Waals surface area contributed by atoms with Crippen molar-refractivity contribution in [3.63, 3.8) is 0 Å². The van der Waals surface area contributed by atoms with Gasteiger partial charge in [0.15, 0.2) is 6.10 Å². The lowest BCUT2D eigenvalue weighted by molar-refractivity contribution is -0.161. The minimum absolute atomic E-state index is 0.175. The molecule has 0 unspecified atom stereocenters. The van der Waals surface area contributed by atoms with Crippen molar-refractivity contribution in [2.45, 2.75) is 225 Å². The molecular weight excluding hydrogens is 723 g/mol. The van der Waals surface area contributed by atoms with Crippen LogP contribution >= 0.6 is 7.82 Å². The van der Waals surface area contributed by atoms with E-state index >= 15 is 0 Å². The highest BCUT2D eigenvalue weighted by molar-refractivity contribution is 7.46. The quantitative estimate of drug-likeness (QED) is 0.0271. The van der Waals surface area contributed by atoms with Gasteiger partial charge < -0.3 is 19.3 Å². The molecular formula is C47H85O8P. The number of esters is 2. The van der Waals surface area contributed by atoms with Gasteiger partial charge in [0.05, 0.1) is 6.61 Å². The fourth-order valence-electron chi connectivity index (χ4n) is 6.42. The second-order valence-corrected chi connectivity index (χ2v) is 16.6. The lowest BCUT2D eigenvalue weighted by atomic mass is 10.0. The van der Waals surface area contributed by atoms with E-state index in [2.05, 4.69) is 67.0 Å². The Morgan fingerprint density at radius 3 is 1.23 bits per heavy atom. The highest BCUT2D eigenvalue weighted by Gasteiger charge is 2.22. The van der Waals surface area contributed by atoms with Gasteiger partial charge in [-0.1, -0.05) is 197 Å². The molecule has 0 spiro atoms. The van der Waals surface area contributed by atoms with E-state index in [-0.39, 0.29) is 19.4 Å². The number of ether oxygens (including phenoxy) is 2. The standard InChI is InChI=1S/C47H85O8P/c1-3-5-7-9-11-13-15-17-19-21-23-25-27-29-31-33-35-37-39-41-46(48)53-43-45(44-54-56(50,51)52)55-47(49)42-40-38-36-34-32-30-28-26-24-22-20-18-16-14-12-10-8-6-4-2/h12,14,18,20,24,26,30,32,45H,3-11,13,15-17,19,21-23,25,27-29,31,33-44H2,1-2H3,(H2,50,51,52)/b14-12+,20-18+,26-24+,32-30+/t45-/m1/s1. The smallest absolute Gasteiger partial charge is 0.462 e. The van der Waals surface area contributed by atoms with Crippen molar-refractivity contribution in [1.29, 1.82) is 0 Å². The molecule has 0 aliphatic carbocycles. The fraction of sp³-hybridized carbons (Fsp3) is 0.787. The number of carbonyl (C=O) groups is 2. The molecule has 0 aliphatic heterocycles. The Bertz CT molecular complexity index is 1050. The summed E-state index contributed by atoms with van der Waals surface area (Å²) in [6, 6.07) is 0. The maximum absolute atomic E-state index is 12.4. The van der Waals surface area contributed by atoms with Crippen molar-refractivity contribution in [1.82, 2.24) is 0 Å². The second kappa shape index (κ2) is 42.6. The fourth-order valence-corrected chi connectivity index (χ4v) is 6.78. The summed E-state index contributed by atoms with van der Waals surface area (Å²) in [5.41, 5.74) is 0. The van der Waals surface area contributed by atoms with E-state index in [9.17, 15) is 14.2 Å². The summed E-state index contributed by atoms with van der Waals surface area (Å²) in [5, 5.41) is 0. The minimum Gasteiger partial charge on any atom is -0.462 e. The van der Waals surface area contributed by atoms with E-state index < -0.39 is 32.5 Å². The van der Waals surface area contributed by atoms with Crippen LogP contribution in [0.1, 0.15) is 219 Å². The highest BCUT2D eigenvalue weighted by Crippen LogP contribution is 2.36. The number of carbonyl (C=O) groups excluding carboxylic acids is 2. The zero-order valence-electron chi connectivity index (χ0n) is 36.0. The van der Waals surface area contributed by atoms with Crippen molar-refractivity contribution in [2.75, 3.05) is 13.2 Å². The molecule has 0 aromatic heterocycles. The van der Waals surface area contributed by atoms with Crippen LogP contribution in [0.3, 0.4) is 0 Å². The first-order chi connectivity index (χ1) is 27.3. The van der Waals surface area contributed by atoms with Gasteiger partial charge in [-0.3, -0.25) is 14.1 Å². The van der Waals surface area contributed by atoms with E-state index in [1.165, 1.54) is 128 Å². The first-order valence-electron chi connectivity index (χ1n) is 22.9. The van der Waals surface area contributed by atoms with Gasteiger partial charge in [-0.2, -0.15) is 0 Å². The van der Waals surface area contributed by atoms with Crippen LogP contribution in [-0.4, -0.2) is 41.0 Å². The molecule has 0 aromatic carbocycles. The Morgan fingerprint density at radius 2 is 0.804 bits per heavy atom. The van der Waals surface area contributed by atoms with Crippen molar-refractivity contribution < 1.29 is 37.9 Å². The molecule has 0 saturated carbocycles. The van der Waals surface area contributed by atoms with E-state index in [4.69, 9.17) is 19.3 Å². The van der Waals surface area contributed by atoms with Gasteiger partial charge in [-0.25, -0.2) is 4.57 Å². The molecule has 0 heterocycles. The van der Waals surface area contributed by atoms with Gasteiger partial charge in [0.25, 0.3) is 0 Å².